The molecule has 4 rings (SSSR count). The molecule has 0 radical (unpaired) electrons. The molecule has 1 heterocycles. The van der Waals surface area contributed by atoms with Crippen LogP contribution in [-0.2, 0) is 6.42 Å². The van der Waals surface area contributed by atoms with Gasteiger partial charge in [-0.25, -0.2) is 4.98 Å². The number of hydrogen-bond donors (Lipinski definition) is 0. The van der Waals surface area contributed by atoms with E-state index in [2.05, 4.69) is 114 Å². The number of unbranched alkanes of at least 4 members (excludes halogenated alkanes) is 1. The van der Waals surface area contributed by atoms with E-state index in [4.69, 9.17) is 9.72 Å². The van der Waals surface area contributed by atoms with E-state index in [0.29, 0.717) is 5.88 Å². The van der Waals surface area contributed by atoms with E-state index < -0.39 is 0 Å². The van der Waals surface area contributed by atoms with Crippen molar-refractivity contribution in [2.75, 3.05) is 27.2 Å². The van der Waals surface area contributed by atoms with Gasteiger partial charge in [0.05, 0.1) is 12.6 Å². The van der Waals surface area contributed by atoms with E-state index in [1.807, 2.05) is 12.1 Å². The number of aromatic nitrogens is 1. The zero-order valence-electron chi connectivity index (χ0n) is 22.2. The molecular weight excluding hydrogens is 520 g/mol. The van der Waals surface area contributed by atoms with Crippen molar-refractivity contribution in [3.8, 4) is 5.88 Å². The Morgan fingerprint density at radius 3 is 2.43 bits per heavy atom. The van der Waals surface area contributed by atoms with E-state index in [0.717, 1.165) is 59.7 Å². The van der Waals surface area contributed by atoms with Gasteiger partial charge < -0.3 is 9.64 Å². The number of hydrogen-bond acceptors (Lipinski definition) is 3. The van der Waals surface area contributed by atoms with Gasteiger partial charge in [0.1, 0.15) is 0 Å². The monoisotopic (exact) mass is 556 g/mol. The number of allylic oxidation sites excluding steroid dienone is 2. The summed E-state index contributed by atoms with van der Waals surface area (Å²) in [6.07, 6.45) is 6.65. The topological polar surface area (TPSA) is 25.4 Å². The van der Waals surface area contributed by atoms with Crippen molar-refractivity contribution in [2.45, 2.75) is 38.5 Å². The number of nitrogens with zero attached hydrogens (tertiary/aromatic N) is 2. The molecule has 4 heteroatoms. The molecule has 1 atom stereocenters. The van der Waals surface area contributed by atoms with Crippen LogP contribution in [0.25, 0.3) is 10.9 Å². The Morgan fingerprint density at radius 1 is 1.00 bits per heavy atom. The van der Waals surface area contributed by atoms with Crippen molar-refractivity contribution in [3.63, 3.8) is 0 Å². The van der Waals surface area contributed by atoms with Crippen LogP contribution in [0.3, 0.4) is 0 Å². The van der Waals surface area contributed by atoms with E-state index in [1.165, 1.54) is 16.7 Å². The van der Waals surface area contributed by atoms with Gasteiger partial charge in [-0.1, -0.05) is 95.2 Å². The maximum atomic E-state index is 5.91. The molecule has 192 valence electrons. The van der Waals surface area contributed by atoms with E-state index in [1.54, 1.807) is 7.11 Å². The summed E-state index contributed by atoms with van der Waals surface area (Å²) in [6, 6.07) is 30.1. The van der Waals surface area contributed by atoms with Gasteiger partial charge in [-0.2, -0.15) is 0 Å². The van der Waals surface area contributed by atoms with E-state index in [9.17, 15) is 0 Å². The molecule has 37 heavy (non-hydrogen) atoms. The Balaban J connectivity index is 1.79. The summed E-state index contributed by atoms with van der Waals surface area (Å²) in [6.45, 7) is 4.39. The molecule has 4 aromatic rings. The van der Waals surface area contributed by atoms with Crippen molar-refractivity contribution in [3.05, 3.63) is 118 Å². The van der Waals surface area contributed by atoms with Gasteiger partial charge in [0.15, 0.2) is 0 Å². The first-order chi connectivity index (χ1) is 18.1. The van der Waals surface area contributed by atoms with Crippen LogP contribution in [0.15, 0.2) is 101 Å². The molecule has 1 aromatic heterocycles. The molecule has 0 bridgehead atoms. The van der Waals surface area contributed by atoms with Gasteiger partial charge in [0.2, 0.25) is 5.88 Å². The lowest BCUT2D eigenvalue weighted by atomic mass is 9.81. The molecule has 0 saturated heterocycles. The SMILES string of the molecule is CCN(C)CCCC=C(CCc1ccccc1)C(c1ccccc1)c1cc2cc(Br)ccc2nc1OC. The Hall–Kier alpha value is -2.95. The molecule has 0 aliphatic heterocycles. The minimum atomic E-state index is 0.0691. The zero-order chi connectivity index (χ0) is 26.0. The van der Waals surface area contributed by atoms with Crippen LogP contribution in [0.2, 0.25) is 0 Å². The lowest BCUT2D eigenvalue weighted by Crippen LogP contribution is -2.18. The second kappa shape index (κ2) is 13.6. The standard InChI is InChI=1S/C33H37BrN2O/c1-4-36(2)22-12-11-17-27(19-18-25-13-7-5-8-14-25)32(26-15-9-6-10-16-26)30-24-28-23-29(34)20-21-31(28)35-33(30)37-3/h5-10,13-17,20-21,23-24,32H,4,11-12,18-19,22H2,1-3H3. The summed E-state index contributed by atoms with van der Waals surface area (Å²) >= 11 is 3.64. The Morgan fingerprint density at radius 2 is 1.73 bits per heavy atom. The first-order valence-corrected chi connectivity index (χ1v) is 14.0. The average molecular weight is 558 g/mol. The van der Waals surface area contributed by atoms with Crippen molar-refractivity contribution in [1.82, 2.24) is 9.88 Å². The van der Waals surface area contributed by atoms with Crippen molar-refractivity contribution in [1.29, 1.82) is 0 Å². The van der Waals surface area contributed by atoms with E-state index >= 15 is 0 Å². The van der Waals surface area contributed by atoms with Crippen LogP contribution in [0.5, 0.6) is 5.88 Å². The number of pyridine rings is 1. The predicted octanol–water partition coefficient (Wildman–Crippen LogP) is 8.43. The Bertz CT molecular complexity index is 1300. The van der Waals surface area contributed by atoms with E-state index in [-0.39, 0.29) is 5.92 Å². The number of fused-ring (bicyclic) bond motifs is 1. The fourth-order valence-electron chi connectivity index (χ4n) is 4.86. The van der Waals surface area contributed by atoms with Crippen LogP contribution in [0.1, 0.15) is 48.8 Å². The minimum Gasteiger partial charge on any atom is -0.481 e. The largest absolute Gasteiger partial charge is 0.481 e. The van der Waals surface area contributed by atoms with Crippen LogP contribution >= 0.6 is 15.9 Å². The predicted molar refractivity (Wildman–Crippen MR) is 160 cm³/mol. The summed E-state index contributed by atoms with van der Waals surface area (Å²) in [5.41, 5.74) is 6.10. The molecule has 1 unspecified atom stereocenters. The third-order valence-electron chi connectivity index (χ3n) is 7.01. The molecule has 0 N–H and O–H groups in total. The molecule has 0 spiro atoms. The third-order valence-corrected chi connectivity index (χ3v) is 7.51. The van der Waals surface area contributed by atoms with Crippen LogP contribution < -0.4 is 4.74 Å². The number of ether oxygens (including phenoxy) is 1. The fraction of sp³-hybridized carbons (Fsp3) is 0.303. The highest BCUT2D eigenvalue weighted by Gasteiger charge is 2.24. The summed E-state index contributed by atoms with van der Waals surface area (Å²) in [7, 11) is 3.92. The number of benzene rings is 3. The van der Waals surface area contributed by atoms with Gasteiger partial charge in [-0.15, -0.1) is 0 Å². The Kier molecular flexibility index (Phi) is 9.92. The molecule has 0 aliphatic rings. The van der Waals surface area contributed by atoms with Crippen LogP contribution in [0, 0.1) is 0 Å². The second-order valence-corrected chi connectivity index (χ2v) is 10.5. The number of halogens is 1. The lowest BCUT2D eigenvalue weighted by molar-refractivity contribution is 0.348. The summed E-state index contributed by atoms with van der Waals surface area (Å²) in [5, 5.41) is 1.11. The molecule has 0 fully saturated rings. The Labute approximate surface area is 230 Å². The smallest absolute Gasteiger partial charge is 0.217 e. The van der Waals surface area contributed by atoms with Gasteiger partial charge in [0.25, 0.3) is 0 Å². The van der Waals surface area contributed by atoms with Gasteiger partial charge in [-0.05, 0) is 81.2 Å². The number of aryl methyl sites for hydroxylation is 1. The highest BCUT2D eigenvalue weighted by Crippen LogP contribution is 2.40. The molecular formula is C33H37BrN2O. The quantitative estimate of drug-likeness (QED) is 0.129. The highest BCUT2D eigenvalue weighted by molar-refractivity contribution is 9.10. The molecule has 0 saturated carbocycles. The van der Waals surface area contributed by atoms with Crippen LogP contribution in [-0.4, -0.2) is 37.1 Å². The first-order valence-electron chi connectivity index (χ1n) is 13.2. The maximum absolute atomic E-state index is 5.91. The average Bonchev–Trinajstić information content (AvgIpc) is 2.94. The second-order valence-electron chi connectivity index (χ2n) is 9.57. The van der Waals surface area contributed by atoms with Crippen molar-refractivity contribution < 1.29 is 4.74 Å². The number of methoxy groups -OCH3 is 1. The van der Waals surface area contributed by atoms with Crippen LogP contribution in [0.4, 0.5) is 0 Å². The molecule has 3 nitrogen and oxygen atoms in total. The highest BCUT2D eigenvalue weighted by atomic mass is 79.9. The normalized spacial score (nSPS) is 12.7. The summed E-state index contributed by atoms with van der Waals surface area (Å²) < 4.78 is 6.96. The minimum absolute atomic E-state index is 0.0691. The first kappa shape index (κ1) is 27.1. The maximum Gasteiger partial charge on any atom is 0.217 e. The van der Waals surface area contributed by atoms with Gasteiger partial charge in [0, 0.05) is 21.3 Å². The molecule has 0 amide bonds. The van der Waals surface area contributed by atoms with Gasteiger partial charge >= 0.3 is 0 Å². The zero-order valence-corrected chi connectivity index (χ0v) is 23.7. The summed E-state index contributed by atoms with van der Waals surface area (Å²) in [5.74, 6) is 0.764. The number of rotatable bonds is 12. The molecule has 0 aliphatic carbocycles. The van der Waals surface area contributed by atoms with Crippen molar-refractivity contribution in [2.24, 2.45) is 0 Å². The molecule has 3 aromatic carbocycles. The lowest BCUT2D eigenvalue weighted by Gasteiger charge is -2.24. The van der Waals surface area contributed by atoms with Crippen molar-refractivity contribution >= 4 is 26.8 Å². The van der Waals surface area contributed by atoms with Gasteiger partial charge in [-0.3, -0.25) is 0 Å². The summed E-state index contributed by atoms with van der Waals surface area (Å²) in [4.78, 5) is 7.31. The third kappa shape index (κ3) is 7.30. The fourth-order valence-corrected chi connectivity index (χ4v) is 5.24.